The van der Waals surface area contributed by atoms with E-state index in [9.17, 15) is 19.8 Å². The number of benzene rings is 4. The second-order valence-electron chi connectivity index (χ2n) is 10.1. The number of nitrogens with zero attached hydrogens (tertiary/aromatic N) is 3. The Bertz CT molecular complexity index is 2250. The highest BCUT2D eigenvalue weighted by molar-refractivity contribution is 7.00. The van der Waals surface area contributed by atoms with Crippen LogP contribution in [0.3, 0.4) is 0 Å². The molecule has 0 aliphatic heterocycles. The lowest BCUT2D eigenvalue weighted by Crippen LogP contribution is -2.10. The second-order valence-corrected chi connectivity index (χ2v) is 10.6. The average molecular weight is 622 g/mol. The minimum absolute atomic E-state index is 0.0273. The summed E-state index contributed by atoms with van der Waals surface area (Å²) in [6.07, 6.45) is -1.51. The highest BCUT2D eigenvalue weighted by Crippen LogP contribution is 2.48. The number of aromatic carboxylic acids is 1. The first-order chi connectivity index (χ1) is 21.9. The van der Waals surface area contributed by atoms with Gasteiger partial charge in [-0.25, -0.2) is 9.59 Å². The van der Waals surface area contributed by atoms with Crippen LogP contribution in [-0.4, -0.2) is 42.8 Å². The van der Waals surface area contributed by atoms with E-state index in [4.69, 9.17) is 18.6 Å². The van der Waals surface area contributed by atoms with E-state index >= 15 is 0 Å². The van der Waals surface area contributed by atoms with Crippen molar-refractivity contribution in [1.29, 1.82) is 0 Å². The highest BCUT2D eigenvalue weighted by atomic mass is 32.1. The van der Waals surface area contributed by atoms with Crippen LogP contribution in [0.15, 0.2) is 89.3 Å². The van der Waals surface area contributed by atoms with Gasteiger partial charge in [0.25, 0.3) is 0 Å². The van der Waals surface area contributed by atoms with Crippen LogP contribution >= 0.6 is 11.7 Å². The molecule has 0 unspecified atom stereocenters. The molecule has 11 nitrogen and oxygen atoms in total. The number of hydrogen-bond acceptors (Lipinski definition) is 9. The van der Waals surface area contributed by atoms with Crippen LogP contribution < -0.4 is 14.2 Å². The lowest BCUT2D eigenvalue weighted by atomic mass is 10.1. The predicted octanol–water partition coefficient (Wildman–Crippen LogP) is 7.45. The number of fused-ring (bicyclic) bond motifs is 4. The van der Waals surface area contributed by atoms with E-state index in [2.05, 4.69) is 8.75 Å². The molecule has 7 aromatic rings. The molecule has 0 saturated heterocycles. The number of rotatable bonds is 9. The Morgan fingerprint density at radius 2 is 1.73 bits per heavy atom. The minimum atomic E-state index is -1.51. The fraction of sp³-hybridized carbons (Fsp3) is 0.0909. The Labute approximate surface area is 258 Å². The van der Waals surface area contributed by atoms with Gasteiger partial charge in [-0.3, -0.25) is 0 Å². The molecule has 7 rings (SSSR count). The quantitative estimate of drug-likeness (QED) is 0.156. The van der Waals surface area contributed by atoms with Crippen molar-refractivity contribution in [2.45, 2.75) is 13.2 Å². The molecule has 0 bridgehead atoms. The van der Waals surface area contributed by atoms with Crippen LogP contribution in [0.25, 0.3) is 44.2 Å². The van der Waals surface area contributed by atoms with Crippen molar-refractivity contribution in [1.82, 2.24) is 13.3 Å². The van der Waals surface area contributed by atoms with Gasteiger partial charge in [0, 0.05) is 22.6 Å². The van der Waals surface area contributed by atoms with Crippen molar-refractivity contribution >= 4 is 57.0 Å². The Kier molecular flexibility index (Phi) is 7.02. The van der Waals surface area contributed by atoms with E-state index in [1.54, 1.807) is 41.0 Å². The number of carboxylic acids is 1. The fourth-order valence-corrected chi connectivity index (χ4v) is 5.97. The summed E-state index contributed by atoms with van der Waals surface area (Å²) in [5.74, 6) is -0.268. The molecular weight excluding hydrogens is 598 g/mol. The van der Waals surface area contributed by atoms with Gasteiger partial charge in [-0.15, -0.1) is 0 Å². The van der Waals surface area contributed by atoms with Crippen molar-refractivity contribution in [2.75, 3.05) is 7.11 Å². The predicted molar refractivity (Wildman–Crippen MR) is 167 cm³/mol. The normalized spacial score (nSPS) is 11.3. The molecule has 12 heteroatoms. The lowest BCUT2D eigenvalue weighted by molar-refractivity contribution is 0.0693. The van der Waals surface area contributed by atoms with Gasteiger partial charge in [0.1, 0.15) is 34.7 Å². The fourth-order valence-electron chi connectivity index (χ4n) is 5.45. The molecule has 0 atom stereocenters. The molecule has 4 aromatic carbocycles. The van der Waals surface area contributed by atoms with Gasteiger partial charge in [0.15, 0.2) is 5.58 Å². The number of methoxy groups -OCH3 is 1. The molecular formula is C33H23N3O8S. The van der Waals surface area contributed by atoms with Crippen molar-refractivity contribution in [3.05, 3.63) is 102 Å². The monoisotopic (exact) mass is 621 g/mol. The third-order valence-electron chi connectivity index (χ3n) is 7.46. The van der Waals surface area contributed by atoms with E-state index in [0.29, 0.717) is 44.9 Å². The second kappa shape index (κ2) is 11.3. The molecule has 3 aromatic heterocycles. The maximum absolute atomic E-state index is 12.2. The largest absolute Gasteiger partial charge is 0.512 e. The standard InChI is InChI=1S/C33H23N3O8S/c1-41-20-11-12-22(27(15-20)42-17-19-6-2-3-7-21(19)32(37)38)28-30-29(23-8-4-5-9-26(23)43-30)36(31(28)44-33(39)40)16-18-10-13-24-25(14-18)35-45-34-24/h2-15H,16-17H2,1H3,(H,37,38)(H,39,40). The molecule has 0 saturated carbocycles. The number of ether oxygens (including phenoxy) is 3. The molecule has 224 valence electrons. The minimum Gasteiger partial charge on any atom is -0.497 e. The Hall–Kier alpha value is -5.88. The molecule has 0 radical (unpaired) electrons. The van der Waals surface area contributed by atoms with Crippen molar-refractivity contribution < 1.29 is 38.4 Å². The van der Waals surface area contributed by atoms with Crippen LogP contribution in [0.5, 0.6) is 17.4 Å². The van der Waals surface area contributed by atoms with Gasteiger partial charge in [0.2, 0.25) is 5.88 Å². The number of aromatic nitrogens is 3. The van der Waals surface area contributed by atoms with Crippen molar-refractivity contribution in [3.8, 4) is 28.5 Å². The Morgan fingerprint density at radius 1 is 0.933 bits per heavy atom. The third kappa shape index (κ3) is 5.06. The molecule has 0 aliphatic rings. The van der Waals surface area contributed by atoms with Gasteiger partial charge in [-0.05, 0) is 48.0 Å². The van der Waals surface area contributed by atoms with E-state index in [1.807, 2.05) is 42.5 Å². The molecule has 3 heterocycles. The summed E-state index contributed by atoms with van der Waals surface area (Å²) in [6, 6.07) is 24.8. The number of carboxylic acid groups (broad SMARTS) is 2. The SMILES string of the molecule is COc1ccc(-c2c(OC(=O)O)n(Cc3ccc4nsnc4c3)c3c2oc2ccccc23)c(OCc2ccccc2C(=O)O)c1. The zero-order chi connectivity index (χ0) is 31.1. The number of hydrogen-bond donors (Lipinski definition) is 2. The van der Waals surface area contributed by atoms with Crippen LogP contribution in [0.1, 0.15) is 21.5 Å². The van der Waals surface area contributed by atoms with Crippen molar-refractivity contribution in [2.24, 2.45) is 0 Å². The summed E-state index contributed by atoms with van der Waals surface area (Å²) in [7, 11) is 1.51. The topological polar surface area (TPSA) is 146 Å². The van der Waals surface area contributed by atoms with Crippen LogP contribution in [0, 0.1) is 0 Å². The van der Waals surface area contributed by atoms with Gasteiger partial charge < -0.3 is 33.4 Å². The van der Waals surface area contributed by atoms with E-state index in [-0.39, 0.29) is 24.6 Å². The lowest BCUT2D eigenvalue weighted by Gasteiger charge is -2.15. The summed E-state index contributed by atoms with van der Waals surface area (Å²) in [5, 5.41) is 20.4. The average Bonchev–Trinajstić information content (AvgIpc) is 3.73. The first kappa shape index (κ1) is 27.9. The maximum Gasteiger partial charge on any atom is 0.512 e. The van der Waals surface area contributed by atoms with Gasteiger partial charge in [0.05, 0.1) is 42.0 Å². The van der Waals surface area contributed by atoms with E-state index in [0.717, 1.165) is 33.7 Å². The van der Waals surface area contributed by atoms with Crippen LogP contribution in [0.4, 0.5) is 4.79 Å². The Morgan fingerprint density at radius 3 is 2.56 bits per heavy atom. The number of para-hydroxylation sites is 1. The summed E-state index contributed by atoms with van der Waals surface area (Å²) in [4.78, 5) is 24.0. The maximum atomic E-state index is 12.2. The number of carbonyl (C=O) groups is 2. The third-order valence-corrected chi connectivity index (χ3v) is 8.01. The van der Waals surface area contributed by atoms with Gasteiger partial charge >= 0.3 is 12.1 Å². The first-order valence-corrected chi connectivity index (χ1v) is 14.4. The molecule has 0 fully saturated rings. The Balaban J connectivity index is 1.44. The van der Waals surface area contributed by atoms with E-state index in [1.165, 1.54) is 13.2 Å². The first-order valence-electron chi connectivity index (χ1n) is 13.7. The smallest absolute Gasteiger partial charge is 0.497 e. The van der Waals surface area contributed by atoms with Gasteiger partial charge in [-0.1, -0.05) is 36.4 Å². The molecule has 0 amide bonds. The summed E-state index contributed by atoms with van der Waals surface area (Å²) >= 11 is 1.12. The van der Waals surface area contributed by atoms with E-state index < -0.39 is 12.1 Å². The molecule has 45 heavy (non-hydrogen) atoms. The summed E-state index contributed by atoms with van der Waals surface area (Å²) in [6.45, 7) is 0.151. The van der Waals surface area contributed by atoms with Gasteiger partial charge in [-0.2, -0.15) is 8.75 Å². The summed E-state index contributed by atoms with van der Waals surface area (Å²) < 4.78 is 34.0. The highest BCUT2D eigenvalue weighted by Gasteiger charge is 2.29. The zero-order valence-corrected chi connectivity index (χ0v) is 24.4. The number of furan rings is 1. The summed E-state index contributed by atoms with van der Waals surface area (Å²) in [5.41, 5.74) is 5.34. The molecule has 0 aliphatic carbocycles. The molecule has 2 N–H and O–H groups in total. The van der Waals surface area contributed by atoms with Crippen LogP contribution in [0.2, 0.25) is 0 Å². The molecule has 0 spiro atoms. The van der Waals surface area contributed by atoms with Crippen molar-refractivity contribution in [3.63, 3.8) is 0 Å². The van der Waals surface area contributed by atoms with Crippen LogP contribution in [-0.2, 0) is 13.2 Å². The zero-order valence-electron chi connectivity index (χ0n) is 23.6.